The zero-order valence-corrected chi connectivity index (χ0v) is 50.7. The van der Waals surface area contributed by atoms with E-state index in [9.17, 15) is 60.4 Å². The molecule has 466 valence electrons. The fourth-order valence-electron chi connectivity index (χ4n) is 13.8. The van der Waals surface area contributed by atoms with Crippen molar-refractivity contribution in [2.45, 2.75) is 169 Å². The number of anilines is 2. The van der Waals surface area contributed by atoms with E-state index in [1.807, 2.05) is 52.2 Å². The maximum atomic E-state index is 15.6. The van der Waals surface area contributed by atoms with E-state index in [1.54, 1.807) is 48.5 Å². The molecule has 0 spiro atoms. The first-order valence-electron chi connectivity index (χ1n) is 29.5. The third kappa shape index (κ3) is 12.6. The van der Waals surface area contributed by atoms with Gasteiger partial charge in [0.25, 0.3) is 12.6 Å². The van der Waals surface area contributed by atoms with Gasteiger partial charge in [0.2, 0.25) is 35.4 Å². The molecule has 6 aliphatic rings. The second-order valence-electron chi connectivity index (χ2n) is 27.6. The average molecular weight is 1210 g/mol. The van der Waals surface area contributed by atoms with Crippen LogP contribution in [0, 0.1) is 68.6 Å². The Bertz CT molecular complexity index is 3150. The Labute approximate surface area is 497 Å². The molecule has 2 saturated heterocycles. The third-order valence-electron chi connectivity index (χ3n) is 19.0. The molecule has 2 aromatic carbocycles. The summed E-state index contributed by atoms with van der Waals surface area (Å²) in [6.45, 7) is 20.4. The number of benzene rings is 2. The van der Waals surface area contributed by atoms with Crippen molar-refractivity contribution in [3.63, 3.8) is 0 Å². The summed E-state index contributed by atoms with van der Waals surface area (Å²) in [6, 6.07) is 11.3. The normalized spacial score (nSPS) is 25.6. The predicted octanol–water partition coefficient (Wildman–Crippen LogP) is 8.08. The van der Waals surface area contributed by atoms with E-state index < -0.39 is 141 Å². The number of hydrogen-bond donors (Lipinski definition) is 4. The topological polar surface area (TPSA) is 226 Å². The molecule has 4 aliphatic heterocycles. The summed E-state index contributed by atoms with van der Waals surface area (Å²) < 4.78 is 82.4. The summed E-state index contributed by atoms with van der Waals surface area (Å²) in [5.41, 5.74) is -1.04. The van der Waals surface area contributed by atoms with Crippen molar-refractivity contribution >= 4 is 58.6 Å². The van der Waals surface area contributed by atoms with Gasteiger partial charge in [-0.3, -0.25) is 38.4 Å². The van der Waals surface area contributed by atoms with Gasteiger partial charge >= 0.3 is 24.2 Å². The lowest BCUT2D eigenvalue weighted by Gasteiger charge is -2.40. The van der Waals surface area contributed by atoms with E-state index in [0.29, 0.717) is 28.9 Å². The van der Waals surface area contributed by atoms with Crippen molar-refractivity contribution in [3.8, 4) is 12.1 Å². The standard InChI is InChI=1S/C62H78F6N10O8/c1-13-23-75(51(81)45-43-39(59(43,9)10)30-77(45)53(83)47(57(3,4)5)73-55(85)61(63,64)65)34(26-38-36-19-15-17-21-42(36)72-50(38)80)29-70-28-32(2)22-24-76(33(27-69)25-37-35-18-14-16-20-41(35)71-49(37)79)52(82)46-44-40(60(44,11)12)31-78(46)54(84)48(58(6,7)8)74-56(86)62(66,67)68/h14-21,32-34,37-40,43-48H,13,22-26,28,30-31H2,1-12H3,(H3-,71,72,73,74,79,80,85,86)/p+1/t32?,33-,34-,37?,38?,39-,40-,43-,44-,45-,46-,47+,48+/m0/s1. The lowest BCUT2D eigenvalue weighted by Crippen LogP contribution is -2.61. The molecule has 2 saturated carbocycles. The molecule has 2 aromatic rings. The first-order chi connectivity index (χ1) is 39.9. The Kier molecular flexibility index (Phi) is 17.7. The highest BCUT2D eigenvalue weighted by atomic mass is 19.4. The number of para-hydroxylation sites is 2. The molecule has 0 bridgehead atoms. The van der Waals surface area contributed by atoms with Crippen LogP contribution in [0.5, 0.6) is 0 Å². The predicted molar refractivity (Wildman–Crippen MR) is 305 cm³/mol. The van der Waals surface area contributed by atoms with E-state index in [4.69, 9.17) is 4.85 Å². The number of carbonyl (C=O) groups excluding carboxylic acids is 8. The van der Waals surface area contributed by atoms with Gasteiger partial charge in [-0.05, 0) is 87.9 Å². The molecule has 8 rings (SSSR count). The minimum atomic E-state index is -5.32. The van der Waals surface area contributed by atoms with Crippen LogP contribution < -0.4 is 21.3 Å². The number of nitrogens with one attached hydrogen (secondary N) is 4. The van der Waals surface area contributed by atoms with Gasteiger partial charge in [0.15, 0.2) is 6.04 Å². The maximum Gasteiger partial charge on any atom is 0.471 e. The molecular weight excluding hydrogens is 1130 g/mol. The van der Waals surface area contributed by atoms with Crippen LogP contribution in [0.4, 0.5) is 37.7 Å². The molecule has 0 aromatic heterocycles. The Morgan fingerprint density at radius 3 is 1.45 bits per heavy atom. The van der Waals surface area contributed by atoms with Gasteiger partial charge < -0.3 is 40.9 Å². The fraction of sp³-hybridized carbons (Fsp3) is 0.645. The smallest absolute Gasteiger partial charge is 0.336 e. The molecule has 18 nitrogen and oxygen atoms in total. The fourth-order valence-corrected chi connectivity index (χ4v) is 13.8. The van der Waals surface area contributed by atoms with E-state index >= 15 is 9.59 Å². The van der Waals surface area contributed by atoms with Crippen LogP contribution in [0.1, 0.15) is 132 Å². The summed E-state index contributed by atoms with van der Waals surface area (Å²) in [4.78, 5) is 123. The van der Waals surface area contributed by atoms with E-state index in [0.717, 1.165) is 0 Å². The molecule has 0 radical (unpaired) electrons. The van der Waals surface area contributed by atoms with Crippen molar-refractivity contribution < 1.29 is 64.7 Å². The van der Waals surface area contributed by atoms with Crippen molar-refractivity contribution in [1.82, 2.24) is 30.2 Å². The molecule has 24 heteroatoms. The largest absolute Gasteiger partial charge is 0.471 e. The first-order valence-corrected chi connectivity index (χ1v) is 29.5. The number of amides is 8. The highest BCUT2D eigenvalue weighted by molar-refractivity contribution is 6.04. The molecular formula is C62H79F6N10O8+. The van der Waals surface area contributed by atoms with E-state index in [2.05, 4.69) is 22.8 Å². The highest BCUT2D eigenvalue weighted by Gasteiger charge is 2.72. The summed E-state index contributed by atoms with van der Waals surface area (Å²) in [7, 11) is 0. The highest BCUT2D eigenvalue weighted by Crippen LogP contribution is 2.66. The van der Waals surface area contributed by atoms with Crippen molar-refractivity contribution in [2.75, 3.05) is 43.4 Å². The minimum absolute atomic E-state index is 0.00559. The van der Waals surface area contributed by atoms with Crippen LogP contribution in [-0.2, 0) is 38.4 Å². The summed E-state index contributed by atoms with van der Waals surface area (Å²) in [5.74, 6) is -11.7. The zero-order valence-electron chi connectivity index (χ0n) is 50.7. The Morgan fingerprint density at radius 2 is 1.07 bits per heavy atom. The number of piperidine rings is 2. The number of nitriles is 1. The lowest BCUT2D eigenvalue weighted by molar-refractivity contribution is -0.176. The van der Waals surface area contributed by atoms with Crippen LogP contribution in [0.25, 0.3) is 4.85 Å². The van der Waals surface area contributed by atoms with Gasteiger partial charge in [-0.15, -0.1) is 0 Å². The number of nitrogens with zero attached hydrogens (tertiary/aromatic N) is 6. The van der Waals surface area contributed by atoms with Crippen molar-refractivity contribution in [2.24, 2.45) is 51.2 Å². The van der Waals surface area contributed by atoms with Gasteiger partial charge in [0.1, 0.15) is 30.2 Å². The lowest BCUT2D eigenvalue weighted by atomic mass is 9.85. The van der Waals surface area contributed by atoms with Gasteiger partial charge in [0.05, 0.1) is 17.9 Å². The molecule has 4 heterocycles. The number of halogens is 6. The van der Waals surface area contributed by atoms with Crippen molar-refractivity contribution in [3.05, 3.63) is 64.5 Å². The molecule has 4 fully saturated rings. The summed E-state index contributed by atoms with van der Waals surface area (Å²) in [5, 5.41) is 20.5. The second kappa shape index (κ2) is 23.5. The SMILES string of the molecule is CCCN(C(=O)[C@@H]1[C@@H]2[C@H](CN1C(=O)[C@@H](NC(=O)C(F)(F)F)C(C)(C)C)C2(C)C)[C@H](C#[N+]CC(C)CCN(C(=O)[C@@H]1[C@@H]2[C@H](CN1C(=O)[C@@H](NC(=O)C(F)(F)F)C(C)(C)C)C2(C)C)[C@H](C#N)CC1C(=O)Nc2ccccc21)CC1C(=O)Nc2ccccc21. The van der Waals surface area contributed by atoms with E-state index in [-0.39, 0.29) is 69.7 Å². The molecule has 13 atom stereocenters. The quantitative estimate of drug-likeness (QED) is 0.106. The molecule has 2 aliphatic carbocycles. The van der Waals surface area contributed by atoms with E-state index in [1.165, 1.54) is 61.1 Å². The monoisotopic (exact) mass is 1210 g/mol. The Hall–Kier alpha value is -7.24. The van der Waals surface area contributed by atoms with Crippen LogP contribution in [0.3, 0.4) is 0 Å². The molecule has 86 heavy (non-hydrogen) atoms. The Morgan fingerprint density at radius 1 is 0.674 bits per heavy atom. The van der Waals surface area contributed by atoms with Crippen molar-refractivity contribution in [1.29, 1.82) is 5.26 Å². The molecule has 3 unspecified atom stereocenters. The minimum Gasteiger partial charge on any atom is -0.336 e. The maximum absolute atomic E-state index is 15.6. The van der Waals surface area contributed by atoms with Crippen LogP contribution in [0.2, 0.25) is 0 Å². The number of alkyl halides is 6. The number of likely N-dealkylation sites (tertiary alicyclic amines) is 2. The summed E-state index contributed by atoms with van der Waals surface area (Å²) >= 11 is 0. The zero-order chi connectivity index (χ0) is 63.7. The Balaban J connectivity index is 1.11. The summed E-state index contributed by atoms with van der Waals surface area (Å²) in [6.07, 6.45) is -10.2. The van der Waals surface area contributed by atoms with Crippen LogP contribution in [0.15, 0.2) is 48.5 Å². The number of fused-ring (bicyclic) bond motifs is 4. The van der Waals surface area contributed by atoms with Gasteiger partial charge in [0, 0.05) is 49.9 Å². The van der Waals surface area contributed by atoms with Gasteiger partial charge in [-0.1, -0.05) is 124 Å². The second-order valence-corrected chi connectivity index (χ2v) is 27.6. The molecule has 8 amide bonds. The number of rotatable bonds is 18. The van der Waals surface area contributed by atoms with Crippen LogP contribution in [-0.4, -0.2) is 148 Å². The average Bonchev–Trinajstić information content (AvgIpc) is 1.56. The number of hydrogen-bond acceptors (Lipinski definition) is 9. The number of carbonyl (C=O) groups is 8. The first kappa shape index (κ1) is 64.8. The molecule has 4 N–H and O–H groups in total. The third-order valence-corrected chi connectivity index (χ3v) is 19.0. The van der Waals surface area contributed by atoms with Gasteiger partial charge in [-0.25, -0.2) is 0 Å². The van der Waals surface area contributed by atoms with Crippen LogP contribution >= 0.6 is 0 Å². The van der Waals surface area contributed by atoms with Gasteiger partial charge in [-0.2, -0.15) is 31.6 Å².